The van der Waals surface area contributed by atoms with Crippen molar-refractivity contribution in [2.24, 2.45) is 0 Å². The van der Waals surface area contributed by atoms with Crippen molar-refractivity contribution in [3.8, 4) is 0 Å². The predicted octanol–water partition coefficient (Wildman–Crippen LogP) is 3.37. The van der Waals surface area contributed by atoms with Gasteiger partial charge in [0.1, 0.15) is 0 Å². The molecule has 0 aliphatic carbocycles. The van der Waals surface area contributed by atoms with Crippen molar-refractivity contribution >= 4 is 29.0 Å². The minimum absolute atomic E-state index is 0.284. The first-order valence-electron chi connectivity index (χ1n) is 7.25. The lowest BCUT2D eigenvalue weighted by atomic mass is 9.87. The molecule has 2 aromatic rings. The molecule has 0 saturated heterocycles. The molecule has 0 spiro atoms. The van der Waals surface area contributed by atoms with Gasteiger partial charge < -0.3 is 10.4 Å². The van der Waals surface area contributed by atoms with E-state index in [9.17, 15) is 14.7 Å². The number of anilines is 1. The van der Waals surface area contributed by atoms with Crippen LogP contribution in [-0.4, -0.2) is 16.8 Å². The van der Waals surface area contributed by atoms with Gasteiger partial charge in [-0.15, -0.1) is 0 Å². The van der Waals surface area contributed by atoms with Crippen LogP contribution >= 0.6 is 11.6 Å². The van der Waals surface area contributed by atoms with Gasteiger partial charge in [0.2, 0.25) is 0 Å². The third kappa shape index (κ3) is 2.64. The largest absolute Gasteiger partial charge is 0.375 e. The van der Waals surface area contributed by atoms with Gasteiger partial charge in [0.15, 0.2) is 11.4 Å². The molecule has 1 aliphatic heterocycles. The Balaban J connectivity index is 1.97. The number of rotatable bonds is 3. The highest BCUT2D eigenvalue weighted by Gasteiger charge is 2.47. The highest BCUT2D eigenvalue weighted by atomic mass is 35.5. The molecule has 1 atom stereocenters. The molecule has 0 unspecified atom stereocenters. The Morgan fingerprint density at radius 3 is 2.65 bits per heavy atom. The molecule has 1 heterocycles. The molecule has 0 bridgehead atoms. The number of carbonyl (C=O) groups excluding carboxylic acids is 2. The van der Waals surface area contributed by atoms with Gasteiger partial charge >= 0.3 is 0 Å². The van der Waals surface area contributed by atoms with Gasteiger partial charge in [-0.2, -0.15) is 0 Å². The van der Waals surface area contributed by atoms with Crippen molar-refractivity contribution in [1.29, 1.82) is 0 Å². The minimum Gasteiger partial charge on any atom is -0.375 e. The summed E-state index contributed by atoms with van der Waals surface area (Å²) in [6.07, 6.45) is -0.323. The molecule has 1 aliphatic rings. The molecular weight excluding hydrogens is 314 g/mol. The maximum Gasteiger partial charge on any atom is 0.261 e. The van der Waals surface area contributed by atoms with Crippen LogP contribution in [0.3, 0.4) is 0 Å². The van der Waals surface area contributed by atoms with E-state index in [-0.39, 0.29) is 12.2 Å². The second-order valence-electron chi connectivity index (χ2n) is 5.92. The van der Waals surface area contributed by atoms with Crippen LogP contribution in [0.2, 0.25) is 5.02 Å². The second kappa shape index (κ2) is 5.48. The summed E-state index contributed by atoms with van der Waals surface area (Å²) in [5.41, 5.74) is 1.31. The molecule has 0 saturated carbocycles. The maximum atomic E-state index is 12.6. The number of carbonyl (C=O) groups is 2. The van der Waals surface area contributed by atoms with Gasteiger partial charge in [0, 0.05) is 21.8 Å². The number of benzene rings is 2. The zero-order chi connectivity index (χ0) is 16.8. The van der Waals surface area contributed by atoms with Gasteiger partial charge in [-0.1, -0.05) is 35.4 Å². The molecule has 23 heavy (non-hydrogen) atoms. The molecule has 3 rings (SSSR count). The number of hydrogen-bond acceptors (Lipinski definition) is 3. The second-order valence-corrected chi connectivity index (χ2v) is 6.36. The average molecular weight is 330 g/mol. The molecule has 1 amide bonds. The lowest BCUT2D eigenvalue weighted by molar-refractivity contribution is -0.133. The van der Waals surface area contributed by atoms with Crippen LogP contribution in [0, 0.1) is 13.8 Å². The van der Waals surface area contributed by atoms with Gasteiger partial charge in [-0.05, 0) is 37.6 Å². The standard InChI is InChI=1S/C18H16ClNO3/c1-10-3-5-13(11(2)7-10)16(21)9-18(23)14-8-12(19)4-6-15(14)20-17(18)22/h3-8,23H,9H2,1-2H3,(H,20,22)/t18-/m0/s1. The van der Waals surface area contributed by atoms with E-state index in [0.29, 0.717) is 21.8 Å². The summed E-state index contributed by atoms with van der Waals surface area (Å²) >= 11 is 5.96. The fourth-order valence-electron chi connectivity index (χ4n) is 2.95. The summed E-state index contributed by atoms with van der Waals surface area (Å²) in [5, 5.41) is 13.8. The number of ketones is 1. The van der Waals surface area contributed by atoms with Gasteiger partial charge in [0.25, 0.3) is 5.91 Å². The summed E-state index contributed by atoms with van der Waals surface area (Å²) in [4.78, 5) is 24.8. The molecule has 118 valence electrons. The molecule has 2 aromatic carbocycles. The van der Waals surface area contributed by atoms with E-state index in [1.807, 2.05) is 26.0 Å². The first kappa shape index (κ1) is 15.7. The molecule has 0 radical (unpaired) electrons. The maximum absolute atomic E-state index is 12.6. The third-order valence-electron chi connectivity index (χ3n) is 4.15. The normalized spacial score (nSPS) is 19.4. The number of hydrogen-bond donors (Lipinski definition) is 2. The van der Waals surface area contributed by atoms with E-state index in [4.69, 9.17) is 11.6 Å². The number of nitrogens with one attached hydrogen (secondary N) is 1. The van der Waals surface area contributed by atoms with E-state index < -0.39 is 11.5 Å². The first-order chi connectivity index (χ1) is 10.8. The van der Waals surface area contributed by atoms with E-state index in [1.165, 1.54) is 6.07 Å². The van der Waals surface area contributed by atoms with E-state index >= 15 is 0 Å². The number of halogens is 1. The van der Waals surface area contributed by atoms with Crippen molar-refractivity contribution < 1.29 is 14.7 Å². The summed E-state index contributed by atoms with van der Waals surface area (Å²) in [6, 6.07) is 10.2. The fourth-order valence-corrected chi connectivity index (χ4v) is 3.12. The lowest BCUT2D eigenvalue weighted by Gasteiger charge is -2.20. The SMILES string of the molecule is Cc1ccc(C(=O)C[C@@]2(O)C(=O)Nc3ccc(Cl)cc32)c(C)c1. The van der Waals surface area contributed by atoms with Crippen molar-refractivity contribution in [2.75, 3.05) is 5.32 Å². The Kier molecular flexibility index (Phi) is 3.74. The summed E-state index contributed by atoms with van der Waals surface area (Å²) in [5.74, 6) is -0.888. The monoisotopic (exact) mass is 329 g/mol. The molecular formula is C18H16ClNO3. The summed E-state index contributed by atoms with van der Waals surface area (Å²) in [6.45, 7) is 3.78. The van der Waals surface area contributed by atoms with Crippen LogP contribution < -0.4 is 5.32 Å². The number of aryl methyl sites for hydroxylation is 2. The van der Waals surface area contributed by atoms with Crippen LogP contribution in [0.5, 0.6) is 0 Å². The Morgan fingerprint density at radius 1 is 1.22 bits per heavy atom. The number of amides is 1. The quantitative estimate of drug-likeness (QED) is 0.848. The van der Waals surface area contributed by atoms with Crippen LogP contribution in [0.1, 0.15) is 33.5 Å². The molecule has 4 nitrogen and oxygen atoms in total. The minimum atomic E-state index is -1.89. The number of fused-ring (bicyclic) bond motifs is 1. The summed E-state index contributed by atoms with van der Waals surface area (Å²) < 4.78 is 0. The smallest absolute Gasteiger partial charge is 0.261 e. The highest BCUT2D eigenvalue weighted by molar-refractivity contribution is 6.31. The summed E-state index contributed by atoms with van der Waals surface area (Å²) in [7, 11) is 0. The van der Waals surface area contributed by atoms with Crippen molar-refractivity contribution in [3.63, 3.8) is 0 Å². The van der Waals surface area contributed by atoms with Crippen molar-refractivity contribution in [3.05, 3.63) is 63.7 Å². The van der Waals surface area contributed by atoms with E-state index in [2.05, 4.69) is 5.32 Å². The van der Waals surface area contributed by atoms with Crippen LogP contribution in [-0.2, 0) is 10.4 Å². The van der Waals surface area contributed by atoms with Crippen LogP contribution in [0.25, 0.3) is 0 Å². The van der Waals surface area contributed by atoms with Crippen LogP contribution in [0.4, 0.5) is 5.69 Å². The molecule has 0 fully saturated rings. The Hall–Kier alpha value is -2.17. The Bertz CT molecular complexity index is 831. The van der Waals surface area contributed by atoms with E-state index in [0.717, 1.165) is 11.1 Å². The zero-order valence-electron chi connectivity index (χ0n) is 12.8. The average Bonchev–Trinajstić information content (AvgIpc) is 2.70. The topological polar surface area (TPSA) is 66.4 Å². The van der Waals surface area contributed by atoms with Gasteiger partial charge in [0.05, 0.1) is 6.42 Å². The van der Waals surface area contributed by atoms with Crippen LogP contribution in [0.15, 0.2) is 36.4 Å². The first-order valence-corrected chi connectivity index (χ1v) is 7.63. The van der Waals surface area contributed by atoms with Gasteiger partial charge in [-0.25, -0.2) is 0 Å². The fraction of sp³-hybridized carbons (Fsp3) is 0.222. The Labute approximate surface area is 139 Å². The highest BCUT2D eigenvalue weighted by Crippen LogP contribution is 2.40. The van der Waals surface area contributed by atoms with E-state index in [1.54, 1.807) is 18.2 Å². The van der Waals surface area contributed by atoms with Gasteiger partial charge in [-0.3, -0.25) is 9.59 Å². The predicted molar refractivity (Wildman–Crippen MR) is 88.8 cm³/mol. The third-order valence-corrected chi connectivity index (χ3v) is 4.38. The van der Waals surface area contributed by atoms with Crippen molar-refractivity contribution in [1.82, 2.24) is 0 Å². The molecule has 5 heteroatoms. The molecule has 2 N–H and O–H groups in total. The lowest BCUT2D eigenvalue weighted by Crippen LogP contribution is -2.36. The number of Topliss-reactive ketones (excluding diaryl/α,β-unsaturated/α-hetero) is 1. The van der Waals surface area contributed by atoms with Crippen molar-refractivity contribution in [2.45, 2.75) is 25.9 Å². The number of aliphatic hydroxyl groups is 1. The Morgan fingerprint density at radius 2 is 1.96 bits per heavy atom. The molecule has 0 aromatic heterocycles. The zero-order valence-corrected chi connectivity index (χ0v) is 13.6.